The molecule has 5 nitrogen and oxygen atoms in total. The lowest BCUT2D eigenvalue weighted by molar-refractivity contribution is -0.143. The van der Waals surface area contributed by atoms with Gasteiger partial charge in [0.2, 0.25) is 5.91 Å². The highest BCUT2D eigenvalue weighted by atomic mass is 35.5. The topological polar surface area (TPSA) is 69.6 Å². The Balaban J connectivity index is 1.69. The minimum absolute atomic E-state index is 0.0386. The van der Waals surface area contributed by atoms with E-state index in [2.05, 4.69) is 5.32 Å². The van der Waals surface area contributed by atoms with E-state index in [4.69, 9.17) is 16.7 Å². The van der Waals surface area contributed by atoms with E-state index in [1.807, 2.05) is 17.0 Å². The molecule has 0 aliphatic carbocycles. The molecule has 0 spiro atoms. The van der Waals surface area contributed by atoms with Gasteiger partial charge in [-0.2, -0.15) is 0 Å². The van der Waals surface area contributed by atoms with Gasteiger partial charge < -0.3 is 10.4 Å². The Labute approximate surface area is 126 Å². The monoisotopic (exact) mass is 316 g/mol. The van der Waals surface area contributed by atoms with Crippen LogP contribution in [0.15, 0.2) is 12.1 Å². The van der Waals surface area contributed by atoms with Gasteiger partial charge in [-0.05, 0) is 38.1 Å². The average Bonchev–Trinajstić information content (AvgIpc) is 2.83. The lowest BCUT2D eigenvalue weighted by Gasteiger charge is -2.29. The third kappa shape index (κ3) is 4.47. The first-order valence-corrected chi connectivity index (χ1v) is 7.70. The zero-order chi connectivity index (χ0) is 14.5. The predicted octanol–water partition coefficient (Wildman–Crippen LogP) is 1.81. The second-order valence-corrected chi connectivity index (χ2v) is 6.67. The van der Waals surface area contributed by atoms with E-state index < -0.39 is 5.97 Å². The molecule has 1 amide bonds. The maximum atomic E-state index is 11.8. The van der Waals surface area contributed by atoms with Crippen molar-refractivity contribution in [2.24, 2.45) is 5.92 Å². The third-order valence-electron chi connectivity index (χ3n) is 3.39. The molecule has 110 valence electrons. The standard InChI is InChI=1S/C13H17ClN2O3S/c14-11-2-1-10(20-11)7-15-12(17)8-16-5-3-9(4-6-16)13(18)19/h1-2,9H,3-8H2,(H,15,17)(H,18,19). The summed E-state index contributed by atoms with van der Waals surface area (Å²) in [5.74, 6) is -1.03. The largest absolute Gasteiger partial charge is 0.481 e. The molecule has 0 saturated carbocycles. The van der Waals surface area contributed by atoms with Crippen LogP contribution in [-0.2, 0) is 16.1 Å². The number of carbonyl (C=O) groups excluding carboxylic acids is 1. The fourth-order valence-corrected chi connectivity index (χ4v) is 3.26. The highest BCUT2D eigenvalue weighted by Gasteiger charge is 2.25. The van der Waals surface area contributed by atoms with E-state index >= 15 is 0 Å². The van der Waals surface area contributed by atoms with Crippen LogP contribution < -0.4 is 5.32 Å². The van der Waals surface area contributed by atoms with Gasteiger partial charge in [0.05, 0.1) is 23.3 Å². The predicted molar refractivity (Wildman–Crippen MR) is 78.0 cm³/mol. The molecular formula is C13H17ClN2O3S. The van der Waals surface area contributed by atoms with Gasteiger partial charge in [0.15, 0.2) is 0 Å². The number of hydrogen-bond donors (Lipinski definition) is 2. The Hall–Kier alpha value is -1.11. The maximum Gasteiger partial charge on any atom is 0.306 e. The highest BCUT2D eigenvalue weighted by Crippen LogP contribution is 2.21. The van der Waals surface area contributed by atoms with Gasteiger partial charge in [0.1, 0.15) is 0 Å². The van der Waals surface area contributed by atoms with Crippen molar-refractivity contribution in [1.29, 1.82) is 0 Å². The number of rotatable bonds is 5. The maximum absolute atomic E-state index is 11.8. The Bertz CT molecular complexity index is 484. The summed E-state index contributed by atoms with van der Waals surface area (Å²) in [6.07, 6.45) is 1.23. The normalized spacial score (nSPS) is 17.1. The van der Waals surface area contributed by atoms with E-state index in [1.54, 1.807) is 0 Å². The Morgan fingerprint density at radius 3 is 2.65 bits per heavy atom. The van der Waals surface area contributed by atoms with Gasteiger partial charge in [-0.1, -0.05) is 11.6 Å². The average molecular weight is 317 g/mol. The van der Waals surface area contributed by atoms with Gasteiger partial charge in [-0.3, -0.25) is 14.5 Å². The van der Waals surface area contributed by atoms with Crippen LogP contribution in [0.4, 0.5) is 0 Å². The van der Waals surface area contributed by atoms with Crippen LogP contribution in [-0.4, -0.2) is 41.5 Å². The summed E-state index contributed by atoms with van der Waals surface area (Å²) >= 11 is 7.27. The van der Waals surface area contributed by atoms with Gasteiger partial charge in [0, 0.05) is 4.88 Å². The molecule has 1 saturated heterocycles. The van der Waals surface area contributed by atoms with E-state index in [1.165, 1.54) is 11.3 Å². The minimum atomic E-state index is -0.733. The summed E-state index contributed by atoms with van der Waals surface area (Å²) in [7, 11) is 0. The van der Waals surface area contributed by atoms with E-state index in [0.29, 0.717) is 43.4 Å². The van der Waals surface area contributed by atoms with Crippen LogP contribution in [0.3, 0.4) is 0 Å². The molecule has 7 heteroatoms. The first kappa shape index (κ1) is 15.3. The molecule has 2 heterocycles. The number of halogens is 1. The Morgan fingerprint density at radius 2 is 2.10 bits per heavy atom. The van der Waals surface area contributed by atoms with E-state index in [-0.39, 0.29) is 11.8 Å². The van der Waals surface area contributed by atoms with Crippen molar-refractivity contribution >= 4 is 34.8 Å². The molecule has 20 heavy (non-hydrogen) atoms. The molecule has 0 radical (unpaired) electrons. The van der Waals surface area contributed by atoms with E-state index in [0.717, 1.165) is 4.88 Å². The number of amides is 1. The summed E-state index contributed by atoms with van der Waals surface area (Å²) < 4.78 is 0.713. The number of nitrogens with zero attached hydrogens (tertiary/aromatic N) is 1. The number of piperidine rings is 1. The van der Waals surface area contributed by atoms with Gasteiger partial charge in [-0.15, -0.1) is 11.3 Å². The molecule has 1 fully saturated rings. The number of hydrogen-bond acceptors (Lipinski definition) is 4. The zero-order valence-corrected chi connectivity index (χ0v) is 12.5. The molecule has 0 unspecified atom stereocenters. The molecule has 2 rings (SSSR count). The van der Waals surface area contributed by atoms with Crippen LogP contribution in [0.2, 0.25) is 4.34 Å². The minimum Gasteiger partial charge on any atom is -0.481 e. The number of likely N-dealkylation sites (tertiary alicyclic amines) is 1. The first-order valence-electron chi connectivity index (χ1n) is 6.50. The van der Waals surface area contributed by atoms with Crippen LogP contribution >= 0.6 is 22.9 Å². The van der Waals surface area contributed by atoms with Crippen molar-refractivity contribution < 1.29 is 14.7 Å². The first-order chi connectivity index (χ1) is 9.54. The summed E-state index contributed by atoms with van der Waals surface area (Å²) in [6.45, 7) is 2.14. The number of thiophene rings is 1. The van der Waals surface area contributed by atoms with Crippen molar-refractivity contribution in [2.75, 3.05) is 19.6 Å². The highest BCUT2D eigenvalue weighted by molar-refractivity contribution is 7.16. The van der Waals surface area contributed by atoms with Crippen molar-refractivity contribution in [3.05, 3.63) is 21.3 Å². The number of carboxylic acids is 1. The summed E-state index contributed by atoms with van der Waals surface area (Å²) in [4.78, 5) is 25.7. The van der Waals surface area contributed by atoms with Gasteiger partial charge in [-0.25, -0.2) is 0 Å². The summed E-state index contributed by atoms with van der Waals surface area (Å²) in [5, 5.41) is 11.8. The van der Waals surface area contributed by atoms with Crippen LogP contribution in [0, 0.1) is 5.92 Å². The van der Waals surface area contributed by atoms with Crippen molar-refractivity contribution in [3.63, 3.8) is 0 Å². The van der Waals surface area contributed by atoms with Crippen LogP contribution in [0.5, 0.6) is 0 Å². The number of nitrogens with one attached hydrogen (secondary N) is 1. The molecule has 2 N–H and O–H groups in total. The number of aliphatic carboxylic acids is 1. The van der Waals surface area contributed by atoms with E-state index in [9.17, 15) is 9.59 Å². The van der Waals surface area contributed by atoms with Crippen LogP contribution in [0.1, 0.15) is 17.7 Å². The fourth-order valence-electron chi connectivity index (χ4n) is 2.23. The zero-order valence-electron chi connectivity index (χ0n) is 11.0. The quantitative estimate of drug-likeness (QED) is 0.869. The third-order valence-corrected chi connectivity index (χ3v) is 4.62. The van der Waals surface area contributed by atoms with Crippen molar-refractivity contribution in [2.45, 2.75) is 19.4 Å². The molecule has 1 aliphatic rings. The lowest BCUT2D eigenvalue weighted by Crippen LogP contribution is -2.42. The molecular weight excluding hydrogens is 300 g/mol. The second-order valence-electron chi connectivity index (χ2n) is 4.87. The Kier molecular flexibility index (Phi) is 5.39. The number of carbonyl (C=O) groups is 2. The molecule has 0 aromatic carbocycles. The Morgan fingerprint density at radius 1 is 1.40 bits per heavy atom. The molecule has 0 atom stereocenters. The smallest absolute Gasteiger partial charge is 0.306 e. The fraction of sp³-hybridized carbons (Fsp3) is 0.538. The molecule has 0 bridgehead atoms. The molecule has 1 aromatic rings. The summed E-state index contributed by atoms with van der Waals surface area (Å²) in [5.41, 5.74) is 0. The van der Waals surface area contributed by atoms with Crippen molar-refractivity contribution in [3.8, 4) is 0 Å². The number of carboxylic acid groups (broad SMARTS) is 1. The lowest BCUT2D eigenvalue weighted by atomic mass is 9.97. The molecule has 1 aliphatic heterocycles. The molecule has 1 aromatic heterocycles. The second kappa shape index (κ2) is 7.06. The van der Waals surface area contributed by atoms with Crippen LogP contribution in [0.25, 0.3) is 0 Å². The van der Waals surface area contributed by atoms with Crippen molar-refractivity contribution in [1.82, 2.24) is 10.2 Å². The van der Waals surface area contributed by atoms with Gasteiger partial charge >= 0.3 is 5.97 Å². The SMILES string of the molecule is O=C(CN1CCC(C(=O)O)CC1)NCc1ccc(Cl)s1. The summed E-state index contributed by atoms with van der Waals surface area (Å²) in [6, 6.07) is 3.70. The van der Waals surface area contributed by atoms with Gasteiger partial charge in [0.25, 0.3) is 0 Å².